The van der Waals surface area contributed by atoms with Crippen molar-refractivity contribution in [2.24, 2.45) is 0 Å². The first kappa shape index (κ1) is 12.1. The standard InChI is InChI=1S/C7H10O6SSi/c1-15(2,3)13-14(10,11)5-4-6(8)12-7(5)9/h4H,1-3H3. The van der Waals surface area contributed by atoms with Crippen LogP contribution in [0.2, 0.25) is 19.6 Å². The zero-order chi connectivity index (χ0) is 11.9. The van der Waals surface area contributed by atoms with Crippen LogP contribution in [0.5, 0.6) is 0 Å². The average molecular weight is 250 g/mol. The zero-order valence-electron chi connectivity index (χ0n) is 8.44. The molecule has 0 aromatic heterocycles. The van der Waals surface area contributed by atoms with E-state index in [-0.39, 0.29) is 0 Å². The van der Waals surface area contributed by atoms with Gasteiger partial charge in [-0.3, -0.25) is 0 Å². The number of carbonyl (C=O) groups excluding carboxylic acids is 2. The van der Waals surface area contributed by atoms with Crippen molar-refractivity contribution < 1.29 is 26.6 Å². The van der Waals surface area contributed by atoms with Crippen molar-refractivity contribution >= 4 is 30.4 Å². The third-order valence-corrected chi connectivity index (χ3v) is 4.97. The van der Waals surface area contributed by atoms with Gasteiger partial charge in [-0.05, 0) is 19.6 Å². The van der Waals surface area contributed by atoms with Crippen molar-refractivity contribution in [3.8, 4) is 0 Å². The molecule has 0 N–H and O–H groups in total. The minimum absolute atomic E-state index is 0.623. The molecule has 0 saturated carbocycles. The highest BCUT2D eigenvalue weighted by Gasteiger charge is 2.38. The van der Waals surface area contributed by atoms with E-state index in [0.717, 1.165) is 0 Å². The zero-order valence-corrected chi connectivity index (χ0v) is 10.3. The van der Waals surface area contributed by atoms with Crippen molar-refractivity contribution in [3.05, 3.63) is 11.0 Å². The van der Waals surface area contributed by atoms with Gasteiger partial charge in [0.2, 0.25) is 8.32 Å². The van der Waals surface area contributed by atoms with E-state index in [1.165, 1.54) is 0 Å². The van der Waals surface area contributed by atoms with E-state index in [0.29, 0.717) is 6.08 Å². The molecular weight excluding hydrogens is 240 g/mol. The van der Waals surface area contributed by atoms with Crippen molar-refractivity contribution in [3.63, 3.8) is 0 Å². The van der Waals surface area contributed by atoms with Gasteiger partial charge in [0.15, 0.2) is 4.91 Å². The SMILES string of the molecule is C[Si](C)(C)OS(=O)(=O)C1=CC(=O)OC1=O. The summed E-state index contributed by atoms with van der Waals surface area (Å²) in [7, 11) is -6.53. The number of hydrogen-bond acceptors (Lipinski definition) is 6. The molecule has 6 nitrogen and oxygen atoms in total. The second-order valence-corrected chi connectivity index (χ2v) is 10.1. The molecule has 84 valence electrons. The molecule has 0 aromatic carbocycles. The Morgan fingerprint density at radius 1 is 1.27 bits per heavy atom. The summed E-state index contributed by atoms with van der Waals surface area (Å²) in [5.41, 5.74) is 0. The molecule has 0 amide bonds. The van der Waals surface area contributed by atoms with Gasteiger partial charge < -0.3 is 8.61 Å². The van der Waals surface area contributed by atoms with Crippen LogP contribution >= 0.6 is 0 Å². The van der Waals surface area contributed by atoms with Crippen LogP contribution in [0.1, 0.15) is 0 Å². The summed E-state index contributed by atoms with van der Waals surface area (Å²) < 4.78 is 31.9. The summed E-state index contributed by atoms with van der Waals surface area (Å²) >= 11 is 0. The highest BCUT2D eigenvalue weighted by molar-refractivity contribution is 7.92. The van der Waals surface area contributed by atoms with Crippen LogP contribution in [-0.2, 0) is 28.3 Å². The summed E-state index contributed by atoms with van der Waals surface area (Å²) in [6.07, 6.45) is 0.623. The van der Waals surface area contributed by atoms with E-state index in [4.69, 9.17) is 3.87 Å². The van der Waals surface area contributed by atoms with Gasteiger partial charge in [0.25, 0.3) is 10.1 Å². The second-order valence-electron chi connectivity index (χ2n) is 3.87. The number of rotatable bonds is 3. The molecule has 0 aliphatic carbocycles. The third-order valence-electron chi connectivity index (χ3n) is 1.27. The molecule has 1 aliphatic heterocycles. The number of esters is 2. The predicted molar refractivity (Wildman–Crippen MR) is 52.5 cm³/mol. The summed E-state index contributed by atoms with van der Waals surface area (Å²) in [6, 6.07) is 0. The topological polar surface area (TPSA) is 86.7 Å². The van der Waals surface area contributed by atoms with E-state index >= 15 is 0 Å². The highest BCUT2D eigenvalue weighted by Crippen LogP contribution is 2.20. The van der Waals surface area contributed by atoms with Crippen LogP contribution in [0.15, 0.2) is 11.0 Å². The van der Waals surface area contributed by atoms with E-state index < -0.39 is 35.3 Å². The molecule has 0 aromatic rings. The molecule has 15 heavy (non-hydrogen) atoms. The van der Waals surface area contributed by atoms with Crippen LogP contribution < -0.4 is 0 Å². The summed E-state index contributed by atoms with van der Waals surface area (Å²) in [5.74, 6) is -2.17. The number of carbonyl (C=O) groups is 2. The maximum absolute atomic E-state index is 11.5. The van der Waals surface area contributed by atoms with Crippen molar-refractivity contribution in [1.82, 2.24) is 0 Å². The van der Waals surface area contributed by atoms with Gasteiger partial charge >= 0.3 is 11.9 Å². The molecule has 0 spiro atoms. The first-order valence-electron chi connectivity index (χ1n) is 4.05. The normalized spacial score (nSPS) is 17.7. The lowest BCUT2D eigenvalue weighted by molar-refractivity contribution is -0.150. The fraction of sp³-hybridized carbons (Fsp3) is 0.429. The van der Waals surface area contributed by atoms with E-state index in [1.807, 2.05) is 0 Å². The minimum atomic E-state index is -4.17. The van der Waals surface area contributed by atoms with Gasteiger partial charge in [0.1, 0.15) is 0 Å². The molecule has 0 fully saturated rings. The molecule has 1 heterocycles. The Bertz CT molecular complexity index is 441. The first-order valence-corrected chi connectivity index (χ1v) is 8.87. The third kappa shape index (κ3) is 2.98. The Morgan fingerprint density at radius 3 is 2.13 bits per heavy atom. The van der Waals surface area contributed by atoms with Crippen molar-refractivity contribution in [2.45, 2.75) is 19.6 Å². The Morgan fingerprint density at radius 2 is 1.80 bits per heavy atom. The van der Waals surface area contributed by atoms with Crippen LogP contribution in [0.25, 0.3) is 0 Å². The molecule has 1 rings (SSSR count). The van der Waals surface area contributed by atoms with Gasteiger partial charge in [0.05, 0.1) is 6.08 Å². The smallest absolute Gasteiger partial charge is 0.360 e. The molecule has 0 unspecified atom stereocenters. The quantitative estimate of drug-likeness (QED) is 0.402. The second kappa shape index (κ2) is 3.54. The highest BCUT2D eigenvalue weighted by atomic mass is 32.2. The Kier molecular flexibility index (Phi) is 2.85. The Hall–Kier alpha value is -0.993. The maximum atomic E-state index is 11.5. The summed E-state index contributed by atoms with van der Waals surface area (Å²) in [4.78, 5) is 20.9. The Labute approximate surface area is 88.1 Å². The molecule has 1 aliphatic rings. The fourth-order valence-corrected chi connectivity index (χ4v) is 4.36. The molecule has 0 atom stereocenters. The van der Waals surface area contributed by atoms with Gasteiger partial charge in [-0.25, -0.2) is 9.59 Å². The lowest BCUT2D eigenvalue weighted by Crippen LogP contribution is -2.30. The maximum Gasteiger partial charge on any atom is 0.360 e. The van der Waals surface area contributed by atoms with Crippen LogP contribution in [-0.4, -0.2) is 28.7 Å². The van der Waals surface area contributed by atoms with E-state index in [9.17, 15) is 18.0 Å². The van der Waals surface area contributed by atoms with Gasteiger partial charge in [-0.1, -0.05) is 0 Å². The minimum Gasteiger partial charge on any atom is -0.386 e. The van der Waals surface area contributed by atoms with Gasteiger partial charge in [-0.2, -0.15) is 8.42 Å². The average Bonchev–Trinajstić information content (AvgIpc) is 2.24. The fourth-order valence-electron chi connectivity index (χ4n) is 0.885. The van der Waals surface area contributed by atoms with Crippen molar-refractivity contribution in [1.29, 1.82) is 0 Å². The molecular formula is C7H10O6SSi. The lowest BCUT2D eigenvalue weighted by atomic mass is 10.6. The summed E-state index contributed by atoms with van der Waals surface area (Å²) in [6.45, 7) is 4.94. The predicted octanol–water partition coefficient (Wildman–Crippen LogP) is 0.135. The van der Waals surface area contributed by atoms with Crippen LogP contribution in [0.4, 0.5) is 0 Å². The van der Waals surface area contributed by atoms with E-state index in [2.05, 4.69) is 4.74 Å². The monoisotopic (exact) mass is 250 g/mol. The van der Waals surface area contributed by atoms with Crippen LogP contribution in [0, 0.1) is 0 Å². The molecule has 8 heteroatoms. The van der Waals surface area contributed by atoms with Gasteiger partial charge in [-0.15, -0.1) is 0 Å². The number of hydrogen-bond donors (Lipinski definition) is 0. The van der Waals surface area contributed by atoms with Crippen molar-refractivity contribution in [2.75, 3.05) is 0 Å². The molecule has 0 bridgehead atoms. The molecule has 0 radical (unpaired) electrons. The largest absolute Gasteiger partial charge is 0.386 e. The summed E-state index contributed by atoms with van der Waals surface area (Å²) in [5, 5.41) is 0. The Balaban J connectivity index is 3.03. The number of ether oxygens (including phenoxy) is 1. The van der Waals surface area contributed by atoms with Crippen LogP contribution in [0.3, 0.4) is 0 Å². The lowest BCUT2D eigenvalue weighted by Gasteiger charge is -2.15. The first-order chi connectivity index (χ1) is 6.62. The van der Waals surface area contributed by atoms with E-state index in [1.54, 1.807) is 19.6 Å². The number of cyclic esters (lactones) is 2. The van der Waals surface area contributed by atoms with Gasteiger partial charge in [0, 0.05) is 0 Å². The molecule has 0 saturated heterocycles.